The number of hydrogen-bond donors (Lipinski definition) is 0. The molecule has 4 heteroatoms. The van der Waals surface area contributed by atoms with Crippen LogP contribution in [0.4, 0.5) is 0 Å². The molecule has 0 atom stereocenters. The van der Waals surface area contributed by atoms with Crippen LogP contribution in [0.2, 0.25) is 0 Å². The molecule has 0 amide bonds. The van der Waals surface area contributed by atoms with Crippen molar-refractivity contribution in [1.29, 1.82) is 0 Å². The lowest BCUT2D eigenvalue weighted by Gasteiger charge is -2.02. The van der Waals surface area contributed by atoms with Crippen molar-refractivity contribution < 1.29 is 9.66 Å². The summed E-state index contributed by atoms with van der Waals surface area (Å²) >= 11 is 0. The standard InChI is InChI=1S/C12H19NO3.C2H6/c1-5-9-16-11(4)8-7-10(3)12(6-2)13(14)15;1-2/h7-8H,4-6,9H2,1-3H3;1-2H3/b8-7-,12-10+;. The lowest BCUT2D eigenvalue weighted by atomic mass is 10.2. The number of nitrogens with zero attached hydrogens (tertiary/aromatic N) is 1. The van der Waals surface area contributed by atoms with E-state index in [1.165, 1.54) is 0 Å². The molecule has 0 aromatic heterocycles. The molecule has 0 N–H and O–H groups in total. The van der Waals surface area contributed by atoms with Gasteiger partial charge in [-0.05, 0) is 25.5 Å². The van der Waals surface area contributed by atoms with E-state index in [0.29, 0.717) is 24.4 Å². The monoisotopic (exact) mass is 255 g/mol. The maximum atomic E-state index is 10.6. The van der Waals surface area contributed by atoms with Crippen molar-refractivity contribution in [3.8, 4) is 0 Å². The van der Waals surface area contributed by atoms with Gasteiger partial charge in [0.1, 0.15) is 5.76 Å². The van der Waals surface area contributed by atoms with Crippen molar-refractivity contribution in [3.63, 3.8) is 0 Å². The van der Waals surface area contributed by atoms with Gasteiger partial charge in [0.15, 0.2) is 0 Å². The van der Waals surface area contributed by atoms with Crippen LogP contribution in [0.25, 0.3) is 0 Å². The summed E-state index contributed by atoms with van der Waals surface area (Å²) in [7, 11) is 0. The average molecular weight is 255 g/mol. The predicted octanol–water partition coefficient (Wildman–Crippen LogP) is 4.47. The van der Waals surface area contributed by atoms with Crippen molar-refractivity contribution >= 4 is 0 Å². The summed E-state index contributed by atoms with van der Waals surface area (Å²) in [6.45, 7) is 13.8. The Kier molecular flexibility index (Phi) is 12.4. The Morgan fingerprint density at radius 2 is 1.89 bits per heavy atom. The molecular weight excluding hydrogens is 230 g/mol. The fourth-order valence-electron chi connectivity index (χ4n) is 1.15. The van der Waals surface area contributed by atoms with Gasteiger partial charge in [-0.2, -0.15) is 0 Å². The average Bonchev–Trinajstić information content (AvgIpc) is 2.36. The first-order valence-electron chi connectivity index (χ1n) is 6.36. The Morgan fingerprint density at radius 1 is 1.33 bits per heavy atom. The second kappa shape index (κ2) is 11.9. The maximum Gasteiger partial charge on any atom is 0.248 e. The number of ether oxygens (including phenoxy) is 1. The van der Waals surface area contributed by atoms with Crippen molar-refractivity contribution in [3.05, 3.63) is 45.9 Å². The van der Waals surface area contributed by atoms with E-state index in [1.54, 1.807) is 26.0 Å². The lowest BCUT2D eigenvalue weighted by Crippen LogP contribution is -1.99. The summed E-state index contributed by atoms with van der Waals surface area (Å²) < 4.78 is 5.24. The number of nitro groups is 1. The number of rotatable bonds is 7. The van der Waals surface area contributed by atoms with Crippen LogP contribution in [0.15, 0.2) is 35.8 Å². The molecule has 18 heavy (non-hydrogen) atoms. The minimum Gasteiger partial charge on any atom is -0.494 e. The summed E-state index contributed by atoms with van der Waals surface area (Å²) in [6.07, 6.45) is 4.64. The summed E-state index contributed by atoms with van der Waals surface area (Å²) in [5, 5.41) is 10.6. The first-order chi connectivity index (χ1) is 8.52. The Balaban J connectivity index is 0. The smallest absolute Gasteiger partial charge is 0.248 e. The second-order valence-corrected chi connectivity index (χ2v) is 3.39. The van der Waals surface area contributed by atoms with Gasteiger partial charge in [-0.25, -0.2) is 0 Å². The molecule has 0 saturated carbocycles. The highest BCUT2D eigenvalue weighted by molar-refractivity contribution is 5.24. The zero-order chi connectivity index (χ0) is 14.6. The molecule has 0 aliphatic carbocycles. The molecule has 0 radical (unpaired) electrons. The Bertz CT molecular complexity index is 317. The first kappa shape index (κ1) is 18.8. The van der Waals surface area contributed by atoms with Gasteiger partial charge in [0.25, 0.3) is 0 Å². The topological polar surface area (TPSA) is 52.4 Å². The van der Waals surface area contributed by atoms with Crippen molar-refractivity contribution in [2.75, 3.05) is 6.61 Å². The van der Waals surface area contributed by atoms with Gasteiger partial charge in [0, 0.05) is 12.0 Å². The SMILES string of the molecule is C=C(/C=C\C(C)=C(/CC)[N+](=O)[O-])OCCC.CC. The summed E-state index contributed by atoms with van der Waals surface area (Å²) in [5.74, 6) is 0.528. The van der Waals surface area contributed by atoms with E-state index in [-0.39, 0.29) is 10.6 Å². The quantitative estimate of drug-likeness (QED) is 0.292. The van der Waals surface area contributed by atoms with Crippen LogP contribution < -0.4 is 0 Å². The van der Waals surface area contributed by atoms with Gasteiger partial charge < -0.3 is 4.74 Å². The molecule has 0 rings (SSSR count). The highest BCUT2D eigenvalue weighted by Gasteiger charge is 2.09. The van der Waals surface area contributed by atoms with Gasteiger partial charge in [0.2, 0.25) is 5.70 Å². The van der Waals surface area contributed by atoms with Gasteiger partial charge >= 0.3 is 0 Å². The molecule has 4 nitrogen and oxygen atoms in total. The molecule has 0 aromatic carbocycles. The van der Waals surface area contributed by atoms with E-state index in [2.05, 4.69) is 6.58 Å². The minimum absolute atomic E-state index is 0.222. The third-order valence-corrected chi connectivity index (χ3v) is 2.02. The van der Waals surface area contributed by atoms with Crippen molar-refractivity contribution in [2.24, 2.45) is 0 Å². The van der Waals surface area contributed by atoms with E-state index < -0.39 is 0 Å². The predicted molar refractivity (Wildman–Crippen MR) is 75.9 cm³/mol. The zero-order valence-corrected chi connectivity index (χ0v) is 12.2. The lowest BCUT2D eigenvalue weighted by molar-refractivity contribution is -0.428. The first-order valence-corrected chi connectivity index (χ1v) is 6.36. The summed E-state index contributed by atoms with van der Waals surface area (Å²) in [6, 6.07) is 0. The van der Waals surface area contributed by atoms with Crippen LogP contribution in [-0.4, -0.2) is 11.5 Å². The summed E-state index contributed by atoms with van der Waals surface area (Å²) in [4.78, 5) is 10.3. The van der Waals surface area contributed by atoms with Gasteiger partial charge in [0.05, 0.1) is 11.5 Å². The van der Waals surface area contributed by atoms with Crippen LogP contribution in [0.5, 0.6) is 0 Å². The third-order valence-electron chi connectivity index (χ3n) is 2.02. The molecule has 0 aliphatic heterocycles. The largest absolute Gasteiger partial charge is 0.494 e. The van der Waals surface area contributed by atoms with Gasteiger partial charge in [-0.15, -0.1) is 0 Å². The van der Waals surface area contributed by atoms with Crippen LogP contribution in [0.3, 0.4) is 0 Å². The van der Waals surface area contributed by atoms with Gasteiger partial charge in [-0.1, -0.05) is 34.3 Å². The minimum atomic E-state index is -0.352. The molecule has 0 heterocycles. The van der Waals surface area contributed by atoms with E-state index in [4.69, 9.17) is 4.74 Å². The molecule has 0 unspecified atom stereocenters. The van der Waals surface area contributed by atoms with E-state index >= 15 is 0 Å². The van der Waals surface area contributed by atoms with E-state index in [1.807, 2.05) is 20.8 Å². The van der Waals surface area contributed by atoms with Crippen LogP contribution in [0, 0.1) is 10.1 Å². The number of allylic oxidation sites excluding steroid dienone is 4. The fraction of sp³-hybridized carbons (Fsp3) is 0.571. The van der Waals surface area contributed by atoms with Crippen molar-refractivity contribution in [2.45, 2.75) is 47.5 Å². The zero-order valence-electron chi connectivity index (χ0n) is 12.2. The number of hydrogen-bond acceptors (Lipinski definition) is 3. The van der Waals surface area contributed by atoms with E-state index in [0.717, 1.165) is 6.42 Å². The Hall–Kier alpha value is -1.58. The van der Waals surface area contributed by atoms with Crippen LogP contribution >= 0.6 is 0 Å². The van der Waals surface area contributed by atoms with Crippen molar-refractivity contribution in [1.82, 2.24) is 0 Å². The Labute approximate surface area is 110 Å². The van der Waals surface area contributed by atoms with Crippen LogP contribution in [-0.2, 0) is 4.74 Å². The third kappa shape index (κ3) is 8.56. The van der Waals surface area contributed by atoms with E-state index in [9.17, 15) is 10.1 Å². The molecule has 104 valence electrons. The molecule has 0 fully saturated rings. The Morgan fingerprint density at radius 3 is 2.28 bits per heavy atom. The second-order valence-electron chi connectivity index (χ2n) is 3.39. The highest BCUT2D eigenvalue weighted by Crippen LogP contribution is 2.11. The fourth-order valence-corrected chi connectivity index (χ4v) is 1.15. The highest BCUT2D eigenvalue weighted by atomic mass is 16.6. The normalized spacial score (nSPS) is 11.4. The molecule has 0 spiro atoms. The molecular formula is C14H25NO3. The van der Waals surface area contributed by atoms with Gasteiger partial charge in [-0.3, -0.25) is 10.1 Å². The molecule has 0 bridgehead atoms. The van der Waals surface area contributed by atoms with Crippen LogP contribution in [0.1, 0.15) is 47.5 Å². The maximum absolute atomic E-state index is 10.6. The molecule has 0 aliphatic rings. The summed E-state index contributed by atoms with van der Waals surface area (Å²) in [5.41, 5.74) is 0.855. The molecule has 0 saturated heterocycles. The molecule has 0 aromatic rings.